The summed E-state index contributed by atoms with van der Waals surface area (Å²) in [5.74, 6) is -4.03. The summed E-state index contributed by atoms with van der Waals surface area (Å²) in [4.78, 5) is 33.2. The zero-order valence-corrected chi connectivity index (χ0v) is 11.2. The number of carboxylic acids is 2. The Bertz CT molecular complexity index is 360. The molecule has 0 aliphatic rings. The monoisotopic (exact) mass is 291 g/mol. The average Bonchev–Trinajstić information content (AvgIpc) is 2.34. The maximum atomic E-state index is 11.6. The van der Waals surface area contributed by atoms with Gasteiger partial charge in [0.15, 0.2) is 6.04 Å². The maximum Gasteiger partial charge on any atom is 0.328 e. The van der Waals surface area contributed by atoms with Crippen LogP contribution in [-0.2, 0) is 14.4 Å². The number of aliphatic hydroxyl groups excluding tert-OH is 1. The van der Waals surface area contributed by atoms with Crippen molar-refractivity contribution < 1.29 is 29.7 Å². The lowest BCUT2D eigenvalue weighted by atomic mass is 10.00. The number of carbonyl (C=O) groups excluding carboxylic acids is 1. The highest BCUT2D eigenvalue weighted by Gasteiger charge is 2.27. The summed E-state index contributed by atoms with van der Waals surface area (Å²) in [6, 6.07) is -2.53. The van der Waals surface area contributed by atoms with Crippen molar-refractivity contribution in [3.8, 4) is 0 Å². The van der Waals surface area contributed by atoms with Crippen LogP contribution in [0.25, 0.3) is 0 Å². The highest BCUT2D eigenvalue weighted by atomic mass is 16.4. The number of hydrogen-bond acceptors (Lipinski definition) is 6. The second kappa shape index (κ2) is 8.46. The summed E-state index contributed by atoms with van der Waals surface area (Å²) in [6.07, 6.45) is -1.13. The fourth-order valence-electron chi connectivity index (χ4n) is 1.50. The minimum absolute atomic E-state index is 0.0478. The van der Waals surface area contributed by atoms with Crippen LogP contribution in [0.15, 0.2) is 0 Å². The molecule has 0 heterocycles. The molecule has 1 amide bonds. The van der Waals surface area contributed by atoms with E-state index in [9.17, 15) is 19.5 Å². The number of carbonyl (C=O) groups is 3. The predicted molar refractivity (Wildman–Crippen MR) is 68.6 cm³/mol. The molecule has 0 saturated heterocycles. The van der Waals surface area contributed by atoms with Crippen molar-refractivity contribution in [2.24, 2.45) is 17.4 Å². The van der Waals surface area contributed by atoms with Crippen molar-refractivity contribution in [2.75, 3.05) is 6.54 Å². The van der Waals surface area contributed by atoms with Crippen LogP contribution in [0.4, 0.5) is 0 Å². The van der Waals surface area contributed by atoms with E-state index in [0.29, 0.717) is 0 Å². The van der Waals surface area contributed by atoms with Gasteiger partial charge in [-0.3, -0.25) is 9.59 Å². The Hall–Kier alpha value is -1.71. The van der Waals surface area contributed by atoms with Gasteiger partial charge >= 0.3 is 11.9 Å². The number of aliphatic hydroxyl groups is 1. The highest BCUT2D eigenvalue weighted by Crippen LogP contribution is 2.07. The van der Waals surface area contributed by atoms with Gasteiger partial charge in [0, 0.05) is 6.54 Å². The number of hydrogen-bond donors (Lipinski definition) is 6. The lowest BCUT2D eigenvalue weighted by Crippen LogP contribution is -2.52. The Morgan fingerprint density at radius 3 is 2.05 bits per heavy atom. The minimum Gasteiger partial charge on any atom is -0.481 e. The molecule has 0 radical (unpaired) electrons. The van der Waals surface area contributed by atoms with Crippen LogP contribution in [0.5, 0.6) is 0 Å². The normalized spacial score (nSPS) is 16.8. The molecule has 20 heavy (non-hydrogen) atoms. The van der Waals surface area contributed by atoms with E-state index in [4.69, 9.17) is 21.7 Å². The molecule has 0 aliphatic carbocycles. The first-order valence-corrected chi connectivity index (χ1v) is 6.10. The molecule has 4 atom stereocenters. The smallest absolute Gasteiger partial charge is 0.328 e. The second-order valence-corrected chi connectivity index (χ2v) is 4.52. The third-order valence-electron chi connectivity index (χ3n) is 2.84. The maximum absolute atomic E-state index is 11.6. The molecule has 0 bridgehead atoms. The lowest BCUT2D eigenvalue weighted by Gasteiger charge is -2.20. The molecule has 9 heteroatoms. The van der Waals surface area contributed by atoms with Crippen molar-refractivity contribution in [1.82, 2.24) is 5.32 Å². The highest BCUT2D eigenvalue weighted by molar-refractivity contribution is 5.87. The van der Waals surface area contributed by atoms with Gasteiger partial charge in [0.2, 0.25) is 5.91 Å². The van der Waals surface area contributed by atoms with Gasteiger partial charge < -0.3 is 32.1 Å². The Morgan fingerprint density at radius 2 is 1.70 bits per heavy atom. The van der Waals surface area contributed by atoms with Gasteiger partial charge in [0.25, 0.3) is 0 Å². The third-order valence-corrected chi connectivity index (χ3v) is 2.84. The van der Waals surface area contributed by atoms with Gasteiger partial charge in [-0.1, -0.05) is 0 Å². The molecule has 0 aliphatic heterocycles. The molecule has 0 saturated carbocycles. The number of nitrogens with two attached hydrogens (primary N) is 2. The Labute approximate surface area is 115 Å². The van der Waals surface area contributed by atoms with Crippen molar-refractivity contribution in [3.63, 3.8) is 0 Å². The van der Waals surface area contributed by atoms with E-state index in [1.54, 1.807) is 0 Å². The Morgan fingerprint density at radius 1 is 1.15 bits per heavy atom. The molecule has 0 aromatic carbocycles. The standard InChI is InChI=1S/C11H21N3O6/c1-5(15)8(11(19)20)14-9(16)7(13)3-2-6(4-12)10(17)18/h5-8,15H,2-4,12-13H2,1H3,(H,14,16)(H,17,18)(H,19,20). The molecule has 0 fully saturated rings. The number of aliphatic carboxylic acids is 2. The van der Waals surface area contributed by atoms with Gasteiger partial charge in [-0.05, 0) is 19.8 Å². The molecular formula is C11H21N3O6. The molecule has 4 unspecified atom stereocenters. The zero-order valence-electron chi connectivity index (χ0n) is 11.2. The predicted octanol–water partition coefficient (Wildman–Crippen LogP) is -2.30. The molecule has 9 nitrogen and oxygen atoms in total. The van der Waals surface area contributed by atoms with Gasteiger partial charge in [-0.15, -0.1) is 0 Å². The summed E-state index contributed by atoms with van der Waals surface area (Å²) in [5, 5.41) is 28.9. The summed E-state index contributed by atoms with van der Waals surface area (Å²) >= 11 is 0. The Balaban J connectivity index is 4.41. The third kappa shape index (κ3) is 5.95. The molecule has 0 spiro atoms. The van der Waals surface area contributed by atoms with Crippen molar-refractivity contribution in [2.45, 2.75) is 38.0 Å². The quantitative estimate of drug-likeness (QED) is 0.275. The zero-order chi connectivity index (χ0) is 15.9. The van der Waals surface area contributed by atoms with E-state index < -0.39 is 42.0 Å². The molecule has 0 aromatic heterocycles. The van der Waals surface area contributed by atoms with E-state index in [1.165, 1.54) is 6.92 Å². The fourth-order valence-corrected chi connectivity index (χ4v) is 1.50. The fraction of sp³-hybridized carbons (Fsp3) is 0.727. The molecule has 8 N–H and O–H groups in total. The number of rotatable bonds is 9. The molecule has 0 aromatic rings. The van der Waals surface area contributed by atoms with Crippen molar-refractivity contribution in [1.29, 1.82) is 0 Å². The van der Waals surface area contributed by atoms with E-state index in [0.717, 1.165) is 0 Å². The first-order valence-electron chi connectivity index (χ1n) is 6.10. The number of nitrogens with one attached hydrogen (secondary N) is 1. The second-order valence-electron chi connectivity index (χ2n) is 4.52. The molecule has 116 valence electrons. The SMILES string of the molecule is CC(O)C(NC(=O)C(N)CCC(CN)C(=O)O)C(=O)O. The summed E-state index contributed by atoms with van der Waals surface area (Å²) in [5.41, 5.74) is 10.8. The van der Waals surface area contributed by atoms with Crippen LogP contribution in [-0.4, -0.2) is 57.9 Å². The van der Waals surface area contributed by atoms with E-state index in [-0.39, 0.29) is 19.4 Å². The van der Waals surface area contributed by atoms with Crippen molar-refractivity contribution >= 4 is 17.8 Å². The van der Waals surface area contributed by atoms with Crippen LogP contribution >= 0.6 is 0 Å². The van der Waals surface area contributed by atoms with Gasteiger partial charge in [0.05, 0.1) is 18.1 Å². The average molecular weight is 291 g/mol. The summed E-state index contributed by atoms with van der Waals surface area (Å²) < 4.78 is 0. The topological polar surface area (TPSA) is 176 Å². The number of carboxylic acid groups (broad SMARTS) is 2. The van der Waals surface area contributed by atoms with Gasteiger partial charge in [-0.25, -0.2) is 4.79 Å². The first kappa shape index (κ1) is 18.3. The van der Waals surface area contributed by atoms with Gasteiger partial charge in [0.1, 0.15) is 0 Å². The van der Waals surface area contributed by atoms with E-state index in [1.807, 2.05) is 0 Å². The van der Waals surface area contributed by atoms with Crippen LogP contribution in [0.1, 0.15) is 19.8 Å². The first-order chi connectivity index (χ1) is 9.20. The van der Waals surface area contributed by atoms with Crippen LogP contribution in [0.3, 0.4) is 0 Å². The van der Waals surface area contributed by atoms with Crippen LogP contribution in [0, 0.1) is 5.92 Å². The molecular weight excluding hydrogens is 270 g/mol. The summed E-state index contributed by atoms with van der Waals surface area (Å²) in [6.45, 7) is 1.15. The van der Waals surface area contributed by atoms with Crippen molar-refractivity contribution in [3.05, 3.63) is 0 Å². The number of amides is 1. The molecule has 0 rings (SSSR count). The van der Waals surface area contributed by atoms with Gasteiger partial charge in [-0.2, -0.15) is 0 Å². The largest absolute Gasteiger partial charge is 0.481 e. The Kier molecular flexibility index (Phi) is 7.74. The minimum atomic E-state index is -1.46. The summed E-state index contributed by atoms with van der Waals surface area (Å²) in [7, 11) is 0. The van der Waals surface area contributed by atoms with Crippen LogP contribution in [0.2, 0.25) is 0 Å². The lowest BCUT2D eigenvalue weighted by molar-refractivity contribution is -0.145. The van der Waals surface area contributed by atoms with E-state index in [2.05, 4.69) is 5.32 Å². The van der Waals surface area contributed by atoms with Crippen LogP contribution < -0.4 is 16.8 Å². The van der Waals surface area contributed by atoms with E-state index >= 15 is 0 Å².